The second-order valence-electron chi connectivity index (χ2n) is 2.71. The van der Waals surface area contributed by atoms with E-state index in [2.05, 4.69) is 20.9 Å². The molecule has 2 aromatic rings. The van der Waals surface area contributed by atoms with Crippen molar-refractivity contribution in [1.29, 1.82) is 0 Å². The lowest BCUT2D eigenvalue weighted by Gasteiger charge is -1.98. The first-order chi connectivity index (χ1) is 6.27. The van der Waals surface area contributed by atoms with Crippen molar-refractivity contribution in [3.8, 4) is 11.3 Å². The summed E-state index contributed by atoms with van der Waals surface area (Å²) in [5.41, 5.74) is 2.21. The van der Waals surface area contributed by atoms with E-state index in [0.717, 1.165) is 20.8 Å². The van der Waals surface area contributed by atoms with E-state index in [0.29, 0.717) is 0 Å². The van der Waals surface area contributed by atoms with Gasteiger partial charge in [0.1, 0.15) is 0 Å². The Morgan fingerprint density at radius 3 is 2.31 bits per heavy atom. The van der Waals surface area contributed by atoms with Crippen LogP contribution in [-0.4, -0.2) is 4.98 Å². The van der Waals surface area contributed by atoms with Gasteiger partial charge in [0.05, 0.1) is 5.69 Å². The number of benzene rings is 1. The Morgan fingerprint density at radius 2 is 1.77 bits per heavy atom. The Kier molecular flexibility index (Phi) is 2.42. The summed E-state index contributed by atoms with van der Waals surface area (Å²) in [6, 6.07) is 9.70. The summed E-state index contributed by atoms with van der Waals surface area (Å²) in [5, 5.41) is 0.756. The fourth-order valence-electron chi connectivity index (χ4n) is 1.19. The molecule has 13 heavy (non-hydrogen) atoms. The smallest absolute Gasteiger partial charge is 0.0598 e. The number of halogens is 2. The van der Waals surface area contributed by atoms with Crippen molar-refractivity contribution < 1.29 is 0 Å². The molecule has 0 saturated heterocycles. The lowest BCUT2D eigenvalue weighted by molar-refractivity contribution is 1.40. The van der Waals surface area contributed by atoms with Crippen LogP contribution in [0.1, 0.15) is 0 Å². The van der Waals surface area contributed by atoms with Crippen molar-refractivity contribution in [3.63, 3.8) is 0 Å². The Bertz CT molecular complexity index is 405. The molecule has 1 nitrogen and oxygen atoms in total. The maximum Gasteiger partial charge on any atom is 0.0598 e. The highest BCUT2D eigenvalue weighted by atomic mass is 79.9. The van der Waals surface area contributed by atoms with E-state index in [9.17, 15) is 0 Å². The van der Waals surface area contributed by atoms with Crippen LogP contribution in [0.2, 0.25) is 5.02 Å². The van der Waals surface area contributed by atoms with Crippen LogP contribution >= 0.6 is 27.5 Å². The minimum absolute atomic E-state index is 0.756. The number of hydrogen-bond donors (Lipinski definition) is 1. The second-order valence-corrected chi connectivity index (χ2v) is 4.00. The van der Waals surface area contributed by atoms with Gasteiger partial charge in [-0.3, -0.25) is 0 Å². The largest absolute Gasteiger partial charge is 0.360 e. The van der Waals surface area contributed by atoms with Crippen molar-refractivity contribution in [2.24, 2.45) is 0 Å². The normalized spacial score (nSPS) is 10.3. The van der Waals surface area contributed by atoms with Crippen LogP contribution in [0.15, 0.2) is 41.0 Å². The summed E-state index contributed by atoms with van der Waals surface area (Å²) in [6.07, 6.45) is 1.90. The average molecular weight is 257 g/mol. The SMILES string of the molecule is Clc1ccc(-c2[nH]ccc2Br)cc1. The number of H-pyrrole nitrogens is 1. The number of aromatic nitrogens is 1. The Labute approximate surface area is 89.9 Å². The van der Waals surface area contributed by atoms with Gasteiger partial charge >= 0.3 is 0 Å². The molecule has 0 saturated carbocycles. The van der Waals surface area contributed by atoms with Crippen molar-refractivity contribution in [2.45, 2.75) is 0 Å². The zero-order valence-electron chi connectivity index (χ0n) is 6.72. The van der Waals surface area contributed by atoms with E-state index >= 15 is 0 Å². The average Bonchev–Trinajstić information content (AvgIpc) is 2.53. The van der Waals surface area contributed by atoms with Crippen molar-refractivity contribution in [3.05, 3.63) is 46.0 Å². The molecule has 0 aliphatic rings. The molecule has 1 heterocycles. The van der Waals surface area contributed by atoms with Crippen LogP contribution < -0.4 is 0 Å². The lowest BCUT2D eigenvalue weighted by atomic mass is 10.2. The molecule has 0 radical (unpaired) electrons. The predicted octanol–water partition coefficient (Wildman–Crippen LogP) is 4.10. The van der Waals surface area contributed by atoms with Crippen LogP contribution in [0.4, 0.5) is 0 Å². The standard InChI is InChI=1S/C10H7BrClN/c11-9-5-6-13-10(9)7-1-3-8(12)4-2-7/h1-6,13H. The first-order valence-electron chi connectivity index (χ1n) is 3.86. The molecule has 3 heteroatoms. The molecule has 0 unspecified atom stereocenters. The van der Waals surface area contributed by atoms with E-state index < -0.39 is 0 Å². The van der Waals surface area contributed by atoms with Crippen LogP contribution in [-0.2, 0) is 0 Å². The van der Waals surface area contributed by atoms with Gasteiger partial charge in [-0.1, -0.05) is 23.7 Å². The zero-order valence-corrected chi connectivity index (χ0v) is 9.06. The Morgan fingerprint density at radius 1 is 1.08 bits per heavy atom. The van der Waals surface area contributed by atoms with E-state index in [1.165, 1.54) is 0 Å². The molecule has 0 amide bonds. The van der Waals surface area contributed by atoms with E-state index in [4.69, 9.17) is 11.6 Å². The van der Waals surface area contributed by atoms with E-state index in [1.807, 2.05) is 36.5 Å². The first kappa shape index (κ1) is 8.85. The van der Waals surface area contributed by atoms with Gasteiger partial charge in [-0.15, -0.1) is 0 Å². The predicted molar refractivity (Wildman–Crippen MR) is 58.9 cm³/mol. The van der Waals surface area contributed by atoms with Gasteiger partial charge in [0.25, 0.3) is 0 Å². The maximum atomic E-state index is 5.79. The Hall–Kier alpha value is -0.730. The second kappa shape index (κ2) is 3.56. The van der Waals surface area contributed by atoms with Crippen molar-refractivity contribution in [2.75, 3.05) is 0 Å². The van der Waals surface area contributed by atoms with Gasteiger partial charge < -0.3 is 4.98 Å². The summed E-state index contributed by atoms with van der Waals surface area (Å²) in [6.45, 7) is 0. The molecule has 1 aromatic heterocycles. The first-order valence-corrected chi connectivity index (χ1v) is 5.03. The summed E-state index contributed by atoms with van der Waals surface area (Å²) in [4.78, 5) is 3.15. The monoisotopic (exact) mass is 255 g/mol. The fourth-order valence-corrected chi connectivity index (χ4v) is 1.79. The minimum Gasteiger partial charge on any atom is -0.360 e. The molecule has 66 valence electrons. The summed E-state index contributed by atoms with van der Waals surface area (Å²) in [7, 11) is 0. The van der Waals surface area contributed by atoms with Gasteiger partial charge in [0.15, 0.2) is 0 Å². The minimum atomic E-state index is 0.756. The number of nitrogens with one attached hydrogen (secondary N) is 1. The molecule has 0 bridgehead atoms. The number of hydrogen-bond acceptors (Lipinski definition) is 0. The third kappa shape index (κ3) is 1.79. The number of aromatic amines is 1. The highest BCUT2D eigenvalue weighted by Crippen LogP contribution is 2.27. The molecule has 0 fully saturated rings. The molecule has 1 aromatic carbocycles. The maximum absolute atomic E-state index is 5.79. The van der Waals surface area contributed by atoms with Crippen LogP contribution in [0.3, 0.4) is 0 Å². The highest BCUT2D eigenvalue weighted by molar-refractivity contribution is 9.10. The van der Waals surface area contributed by atoms with Crippen molar-refractivity contribution >= 4 is 27.5 Å². The molecular weight excluding hydrogens is 249 g/mol. The van der Waals surface area contributed by atoms with E-state index in [-0.39, 0.29) is 0 Å². The fraction of sp³-hybridized carbons (Fsp3) is 0. The van der Waals surface area contributed by atoms with Crippen LogP contribution in [0.5, 0.6) is 0 Å². The molecule has 0 aliphatic heterocycles. The quantitative estimate of drug-likeness (QED) is 0.791. The molecule has 0 aliphatic carbocycles. The molecule has 1 N–H and O–H groups in total. The summed E-state index contributed by atoms with van der Waals surface area (Å²) >= 11 is 9.25. The van der Waals surface area contributed by atoms with Crippen LogP contribution in [0.25, 0.3) is 11.3 Å². The van der Waals surface area contributed by atoms with Gasteiger partial charge in [0, 0.05) is 15.7 Å². The third-order valence-corrected chi connectivity index (χ3v) is 2.74. The van der Waals surface area contributed by atoms with Gasteiger partial charge in [-0.05, 0) is 39.7 Å². The van der Waals surface area contributed by atoms with Gasteiger partial charge in [-0.2, -0.15) is 0 Å². The Balaban J connectivity index is 2.47. The summed E-state index contributed by atoms with van der Waals surface area (Å²) in [5.74, 6) is 0. The highest BCUT2D eigenvalue weighted by Gasteiger charge is 2.02. The van der Waals surface area contributed by atoms with E-state index in [1.54, 1.807) is 0 Å². The topological polar surface area (TPSA) is 15.8 Å². The van der Waals surface area contributed by atoms with Gasteiger partial charge in [-0.25, -0.2) is 0 Å². The van der Waals surface area contributed by atoms with Crippen LogP contribution in [0, 0.1) is 0 Å². The molecule has 0 atom stereocenters. The summed E-state index contributed by atoms with van der Waals surface area (Å²) < 4.78 is 1.06. The molecule has 2 rings (SSSR count). The third-order valence-electron chi connectivity index (χ3n) is 1.83. The lowest BCUT2D eigenvalue weighted by Crippen LogP contribution is -1.76. The zero-order chi connectivity index (χ0) is 9.26. The molecule has 0 spiro atoms. The number of rotatable bonds is 1. The van der Waals surface area contributed by atoms with Gasteiger partial charge in [0.2, 0.25) is 0 Å². The molecular formula is C10H7BrClN. The van der Waals surface area contributed by atoms with Crippen molar-refractivity contribution in [1.82, 2.24) is 4.98 Å².